The molecular formula is C22H29NO4. The van der Waals surface area contributed by atoms with E-state index in [0.29, 0.717) is 5.57 Å². The van der Waals surface area contributed by atoms with Crippen molar-refractivity contribution in [2.24, 2.45) is 0 Å². The highest BCUT2D eigenvalue weighted by atomic mass is 16.6. The lowest BCUT2D eigenvalue weighted by Gasteiger charge is -2.17. The standard InChI is InChI=1S/C12H13NO4.C7H8.C3H8/c1-3-5-7-9(6-4-2)10-11(14)17-8-13(10)12(15)16;1-7-5-3-2-4-6-7;1-3-2/h3-7,10H,1-2,8H2,(H,15,16);2-6H,1H3;3H2,1-2H3/b7-5-,9-6+;;/t10-;;/m1../s1. The Morgan fingerprint density at radius 1 is 1.26 bits per heavy atom. The molecule has 146 valence electrons. The number of carbonyl (C=O) groups is 2. The number of hydrogen-bond donors (Lipinski definition) is 1. The molecule has 1 saturated heterocycles. The molecule has 2 rings (SSSR count). The summed E-state index contributed by atoms with van der Waals surface area (Å²) < 4.78 is 4.72. The van der Waals surface area contributed by atoms with Gasteiger partial charge in [-0.15, -0.1) is 0 Å². The maximum Gasteiger partial charge on any atom is 0.411 e. The SMILES string of the molecule is C=C/C=C\C(=C/C=C)[C@@H]1C(=O)OCN1C(=O)O.CCC.Cc1ccccc1. The summed E-state index contributed by atoms with van der Waals surface area (Å²) in [5.74, 6) is -0.589. The van der Waals surface area contributed by atoms with Gasteiger partial charge in [-0.1, -0.05) is 99.7 Å². The van der Waals surface area contributed by atoms with E-state index in [1.54, 1.807) is 18.2 Å². The van der Waals surface area contributed by atoms with Crippen molar-refractivity contribution in [3.8, 4) is 0 Å². The first-order valence-electron chi connectivity index (χ1n) is 8.72. The first-order valence-corrected chi connectivity index (χ1v) is 8.72. The molecule has 0 unspecified atom stereocenters. The van der Waals surface area contributed by atoms with Gasteiger partial charge in [0.1, 0.15) is 0 Å². The predicted octanol–water partition coefficient (Wildman–Crippen LogP) is 5.12. The summed E-state index contributed by atoms with van der Waals surface area (Å²) in [5.41, 5.74) is 1.81. The molecule has 0 saturated carbocycles. The van der Waals surface area contributed by atoms with Gasteiger partial charge in [-0.2, -0.15) is 0 Å². The molecule has 5 heteroatoms. The van der Waals surface area contributed by atoms with Gasteiger partial charge in [-0.05, 0) is 12.5 Å². The van der Waals surface area contributed by atoms with Crippen molar-refractivity contribution < 1.29 is 19.4 Å². The number of amides is 1. The third-order valence-corrected chi connectivity index (χ3v) is 3.12. The minimum Gasteiger partial charge on any atom is -0.465 e. The lowest BCUT2D eigenvalue weighted by atomic mass is 10.1. The number of carbonyl (C=O) groups excluding carboxylic acids is 1. The maximum atomic E-state index is 11.5. The Hall–Kier alpha value is -3.08. The summed E-state index contributed by atoms with van der Waals surface area (Å²) in [6, 6.07) is 9.32. The summed E-state index contributed by atoms with van der Waals surface area (Å²) in [5, 5.41) is 8.94. The quantitative estimate of drug-likeness (QED) is 0.589. The van der Waals surface area contributed by atoms with Crippen molar-refractivity contribution >= 4 is 12.1 Å². The average Bonchev–Trinajstić information content (AvgIpc) is 3.02. The topological polar surface area (TPSA) is 66.8 Å². The fourth-order valence-electron chi connectivity index (χ4n) is 1.98. The lowest BCUT2D eigenvalue weighted by Crippen LogP contribution is -2.38. The lowest BCUT2D eigenvalue weighted by molar-refractivity contribution is -0.138. The average molecular weight is 371 g/mol. The molecule has 1 aliphatic rings. The Balaban J connectivity index is 0.000000555. The van der Waals surface area contributed by atoms with E-state index < -0.39 is 18.1 Å². The summed E-state index contributed by atoms with van der Waals surface area (Å²) in [7, 11) is 0. The van der Waals surface area contributed by atoms with Crippen molar-refractivity contribution in [2.45, 2.75) is 33.2 Å². The predicted molar refractivity (Wildman–Crippen MR) is 109 cm³/mol. The second-order valence-corrected chi connectivity index (χ2v) is 5.61. The third kappa shape index (κ3) is 9.26. The number of allylic oxidation sites excluding steroid dienone is 4. The van der Waals surface area contributed by atoms with E-state index in [9.17, 15) is 9.59 Å². The Bertz CT molecular complexity index is 662. The number of rotatable bonds is 4. The Morgan fingerprint density at radius 3 is 2.26 bits per heavy atom. The van der Waals surface area contributed by atoms with Gasteiger partial charge in [-0.25, -0.2) is 9.59 Å². The van der Waals surface area contributed by atoms with Crippen molar-refractivity contribution in [3.05, 3.63) is 85.0 Å². The van der Waals surface area contributed by atoms with Gasteiger partial charge in [0.2, 0.25) is 0 Å². The zero-order valence-electron chi connectivity index (χ0n) is 16.3. The van der Waals surface area contributed by atoms with Crippen molar-refractivity contribution in [1.82, 2.24) is 4.90 Å². The van der Waals surface area contributed by atoms with Crippen LogP contribution in [0.15, 0.2) is 79.4 Å². The minimum atomic E-state index is -1.21. The van der Waals surface area contributed by atoms with Gasteiger partial charge in [0.05, 0.1) is 0 Å². The first kappa shape index (κ1) is 23.9. The van der Waals surface area contributed by atoms with E-state index in [1.807, 2.05) is 18.2 Å². The molecule has 1 amide bonds. The highest BCUT2D eigenvalue weighted by Gasteiger charge is 2.39. The highest BCUT2D eigenvalue weighted by Crippen LogP contribution is 2.20. The number of nitrogens with zero attached hydrogens (tertiary/aromatic N) is 1. The van der Waals surface area contributed by atoms with Crippen molar-refractivity contribution in [3.63, 3.8) is 0 Å². The molecule has 1 aromatic rings. The number of esters is 1. The van der Waals surface area contributed by atoms with Crippen molar-refractivity contribution in [1.29, 1.82) is 0 Å². The second-order valence-electron chi connectivity index (χ2n) is 5.61. The van der Waals surface area contributed by atoms with Gasteiger partial charge in [0.25, 0.3) is 0 Å². The second kappa shape index (κ2) is 14.1. The van der Waals surface area contributed by atoms with Crippen LogP contribution in [0.25, 0.3) is 0 Å². The van der Waals surface area contributed by atoms with Crippen molar-refractivity contribution in [2.75, 3.05) is 6.73 Å². The molecule has 0 spiro atoms. The van der Waals surface area contributed by atoms with Crippen LogP contribution in [0.5, 0.6) is 0 Å². The van der Waals surface area contributed by atoms with Crippen LogP contribution in [0.4, 0.5) is 4.79 Å². The third-order valence-electron chi connectivity index (χ3n) is 3.12. The largest absolute Gasteiger partial charge is 0.465 e. The molecule has 0 radical (unpaired) electrons. The van der Waals surface area contributed by atoms with E-state index in [0.717, 1.165) is 4.90 Å². The monoisotopic (exact) mass is 371 g/mol. The molecule has 1 fully saturated rings. The van der Waals surface area contributed by atoms with Crippen LogP contribution in [0.1, 0.15) is 25.8 Å². The molecule has 0 aromatic heterocycles. The minimum absolute atomic E-state index is 0.255. The van der Waals surface area contributed by atoms with E-state index in [1.165, 1.54) is 24.1 Å². The number of ether oxygens (including phenoxy) is 1. The molecule has 0 bridgehead atoms. The van der Waals surface area contributed by atoms with Crippen LogP contribution in [0.2, 0.25) is 0 Å². The Morgan fingerprint density at radius 2 is 1.85 bits per heavy atom. The van der Waals surface area contributed by atoms with Crippen LogP contribution < -0.4 is 0 Å². The summed E-state index contributed by atoms with van der Waals surface area (Å²) in [4.78, 5) is 23.4. The Kier molecular flexibility index (Phi) is 12.5. The fourth-order valence-corrected chi connectivity index (χ4v) is 1.98. The molecule has 1 atom stereocenters. The van der Waals surface area contributed by atoms with E-state index in [-0.39, 0.29) is 6.73 Å². The number of hydrogen-bond acceptors (Lipinski definition) is 3. The number of carboxylic acid groups (broad SMARTS) is 1. The van der Waals surface area contributed by atoms with Crippen LogP contribution in [-0.2, 0) is 9.53 Å². The molecule has 5 nitrogen and oxygen atoms in total. The zero-order valence-corrected chi connectivity index (χ0v) is 16.3. The van der Waals surface area contributed by atoms with Crippen LogP contribution in [0, 0.1) is 6.92 Å². The summed E-state index contributed by atoms with van der Waals surface area (Å²) in [6.07, 6.45) is 7.83. The number of benzene rings is 1. The normalized spacial score (nSPS) is 15.8. The first-order chi connectivity index (χ1) is 12.9. The molecule has 1 heterocycles. The summed E-state index contributed by atoms with van der Waals surface area (Å²) in [6.45, 7) is 13.1. The molecule has 1 aromatic carbocycles. The maximum absolute atomic E-state index is 11.5. The van der Waals surface area contributed by atoms with Gasteiger partial charge in [-0.3, -0.25) is 4.90 Å². The van der Waals surface area contributed by atoms with Gasteiger partial charge in [0.15, 0.2) is 12.8 Å². The molecular weight excluding hydrogens is 342 g/mol. The smallest absolute Gasteiger partial charge is 0.411 e. The molecule has 27 heavy (non-hydrogen) atoms. The molecule has 1 N–H and O–H groups in total. The van der Waals surface area contributed by atoms with E-state index in [4.69, 9.17) is 9.84 Å². The van der Waals surface area contributed by atoms with Crippen LogP contribution >= 0.6 is 0 Å². The fraction of sp³-hybridized carbons (Fsp3) is 0.273. The van der Waals surface area contributed by atoms with E-state index in [2.05, 4.69) is 46.1 Å². The zero-order chi connectivity index (χ0) is 20.7. The highest BCUT2D eigenvalue weighted by molar-refractivity contribution is 5.87. The number of cyclic esters (lactones) is 1. The van der Waals surface area contributed by atoms with Gasteiger partial charge < -0.3 is 9.84 Å². The van der Waals surface area contributed by atoms with Crippen LogP contribution in [-0.4, -0.2) is 34.8 Å². The van der Waals surface area contributed by atoms with Gasteiger partial charge in [0, 0.05) is 0 Å². The molecule has 0 aliphatic carbocycles. The number of aryl methyl sites for hydroxylation is 1. The summed E-state index contributed by atoms with van der Waals surface area (Å²) >= 11 is 0. The van der Waals surface area contributed by atoms with Crippen LogP contribution in [0.3, 0.4) is 0 Å². The Labute approximate surface area is 162 Å². The molecule has 1 aliphatic heterocycles. The van der Waals surface area contributed by atoms with E-state index >= 15 is 0 Å². The van der Waals surface area contributed by atoms with Gasteiger partial charge >= 0.3 is 12.1 Å².